The molecule has 1 aromatic carbocycles. The van der Waals surface area contributed by atoms with Crippen LogP contribution >= 0.6 is 11.6 Å². The number of esters is 1. The number of carbonyl (C=O) groups is 3. The Bertz CT molecular complexity index is 1580. The van der Waals surface area contributed by atoms with Crippen LogP contribution in [0.25, 0.3) is 0 Å². The van der Waals surface area contributed by atoms with Crippen molar-refractivity contribution >= 4 is 35.8 Å². The van der Waals surface area contributed by atoms with Crippen molar-refractivity contribution in [2.45, 2.75) is 132 Å². The molecule has 286 valence electrons. The van der Waals surface area contributed by atoms with Gasteiger partial charge in [0.2, 0.25) is 0 Å². The average molecular weight is 733 g/mol. The van der Waals surface area contributed by atoms with Gasteiger partial charge in [-0.25, -0.2) is 0 Å². The summed E-state index contributed by atoms with van der Waals surface area (Å²) in [6.45, 7) is 16.0. The van der Waals surface area contributed by atoms with Gasteiger partial charge in [-0.2, -0.15) is 0 Å². The molecule has 9 unspecified atom stereocenters. The van der Waals surface area contributed by atoms with Crippen LogP contribution in [0.5, 0.6) is 0 Å². The SMILES string of the molecule is CC(C)C1=C2C3CCC4C(C)(CCC5C(C)C(OC(=O)CC(C)(C)C=O)CCC54C)C3CCC2(C/C(=C/C=O)N(C)N(C)c2ccc(Cl)cc2)CC1. The molecule has 5 aliphatic carbocycles. The third-order valence-electron chi connectivity index (χ3n) is 15.6. The van der Waals surface area contributed by atoms with Gasteiger partial charge in [0.15, 0.2) is 0 Å². The highest BCUT2D eigenvalue weighted by molar-refractivity contribution is 6.30. The van der Waals surface area contributed by atoms with Crippen LogP contribution in [-0.2, 0) is 19.1 Å². The van der Waals surface area contributed by atoms with Gasteiger partial charge in [0.25, 0.3) is 0 Å². The molecular formula is C45H65ClN2O4. The fourth-order valence-electron chi connectivity index (χ4n) is 12.9. The molecule has 52 heavy (non-hydrogen) atoms. The number of rotatable bonds is 11. The lowest BCUT2D eigenvalue weighted by atomic mass is 9.38. The second-order valence-corrected chi connectivity index (χ2v) is 19.6. The largest absolute Gasteiger partial charge is 0.462 e. The number of nitrogens with zero attached hydrogens (tertiary/aromatic N) is 2. The van der Waals surface area contributed by atoms with Crippen LogP contribution in [0.4, 0.5) is 5.69 Å². The van der Waals surface area contributed by atoms with Gasteiger partial charge in [0.05, 0.1) is 12.1 Å². The average Bonchev–Trinajstić information content (AvgIpc) is 3.49. The highest BCUT2D eigenvalue weighted by Crippen LogP contribution is 2.72. The Kier molecular flexibility index (Phi) is 11.0. The van der Waals surface area contributed by atoms with E-state index in [1.54, 1.807) is 17.2 Å². The zero-order valence-electron chi connectivity index (χ0n) is 33.5. The van der Waals surface area contributed by atoms with Crippen molar-refractivity contribution in [3.63, 3.8) is 0 Å². The lowest BCUT2D eigenvalue weighted by molar-refractivity contribution is -0.191. The van der Waals surface area contributed by atoms with Crippen molar-refractivity contribution in [2.75, 3.05) is 19.1 Å². The minimum atomic E-state index is -0.688. The molecule has 0 saturated heterocycles. The van der Waals surface area contributed by atoms with Gasteiger partial charge in [-0.05, 0) is 153 Å². The number of carbonyl (C=O) groups excluding carboxylic acids is 3. The summed E-state index contributed by atoms with van der Waals surface area (Å²) in [6, 6.07) is 7.90. The van der Waals surface area contributed by atoms with E-state index >= 15 is 0 Å². The van der Waals surface area contributed by atoms with Crippen molar-refractivity contribution in [2.24, 2.45) is 57.2 Å². The molecule has 0 aliphatic heterocycles. The number of ether oxygens (including phenoxy) is 1. The lowest BCUT2D eigenvalue weighted by Crippen LogP contribution is -2.60. The fraction of sp³-hybridized carbons (Fsp3) is 0.711. The lowest BCUT2D eigenvalue weighted by Gasteiger charge is -2.67. The number of aldehydes is 2. The molecule has 0 bridgehead atoms. The molecule has 0 radical (unpaired) electrons. The summed E-state index contributed by atoms with van der Waals surface area (Å²) < 4.78 is 6.14. The number of hydrogen-bond donors (Lipinski definition) is 0. The summed E-state index contributed by atoms with van der Waals surface area (Å²) in [5.41, 5.74) is 5.49. The van der Waals surface area contributed by atoms with Gasteiger partial charge in [0.1, 0.15) is 18.7 Å². The molecule has 1 aromatic rings. The maximum absolute atomic E-state index is 12.9. The number of allylic oxidation sites excluding steroid dienone is 4. The normalized spacial score (nSPS) is 35.9. The second kappa shape index (κ2) is 14.6. The van der Waals surface area contributed by atoms with Gasteiger partial charge in [-0.1, -0.05) is 71.2 Å². The Morgan fingerprint density at radius 3 is 2.27 bits per heavy atom. The van der Waals surface area contributed by atoms with Crippen LogP contribution in [0.3, 0.4) is 0 Å². The Morgan fingerprint density at radius 1 is 0.962 bits per heavy atom. The summed E-state index contributed by atoms with van der Waals surface area (Å²) in [6.07, 6.45) is 16.3. The van der Waals surface area contributed by atoms with Crippen LogP contribution < -0.4 is 5.01 Å². The molecule has 0 aromatic heterocycles. The minimum Gasteiger partial charge on any atom is -0.462 e. The first-order valence-corrected chi connectivity index (χ1v) is 20.6. The third kappa shape index (κ3) is 6.81. The molecule has 0 N–H and O–H groups in total. The topological polar surface area (TPSA) is 66.9 Å². The molecule has 6 rings (SSSR count). The summed E-state index contributed by atoms with van der Waals surface area (Å²) >= 11 is 6.22. The van der Waals surface area contributed by atoms with Crippen molar-refractivity contribution in [3.8, 4) is 0 Å². The minimum absolute atomic E-state index is 0.0632. The van der Waals surface area contributed by atoms with Crippen molar-refractivity contribution in [1.29, 1.82) is 0 Å². The van der Waals surface area contributed by atoms with E-state index in [0.29, 0.717) is 40.5 Å². The maximum atomic E-state index is 12.9. The standard InChI is InChI=1S/C45H65ClN2O4/c1-29(2)34-16-23-45(26-33(20-25-49)48(9)47(8)32-12-10-31(46)11-13-32)24-18-37-35(41(34)45)14-15-39-43(6)22-19-38(52-40(51)27-42(4,5)28-50)30(3)36(43)17-21-44(37,39)7/h10-13,20,25,28-30,35-39H,14-19,21-24,26-27H2,1-9H3/b33-20-. The van der Waals surface area contributed by atoms with Crippen LogP contribution in [-0.4, -0.2) is 43.7 Å². The van der Waals surface area contributed by atoms with Gasteiger partial charge < -0.3 is 9.53 Å². The van der Waals surface area contributed by atoms with Gasteiger partial charge >= 0.3 is 5.97 Å². The molecule has 0 amide bonds. The van der Waals surface area contributed by atoms with E-state index in [1.165, 1.54) is 51.4 Å². The molecule has 0 heterocycles. The van der Waals surface area contributed by atoms with Gasteiger partial charge in [-0.3, -0.25) is 19.6 Å². The second-order valence-electron chi connectivity index (χ2n) is 19.1. The molecule has 0 spiro atoms. The first-order valence-electron chi connectivity index (χ1n) is 20.3. The Morgan fingerprint density at radius 2 is 1.62 bits per heavy atom. The molecule has 6 nitrogen and oxygen atoms in total. The summed E-state index contributed by atoms with van der Waals surface area (Å²) in [5.74, 6) is 3.08. The Labute approximate surface area is 319 Å². The smallest absolute Gasteiger partial charge is 0.307 e. The number of hydrogen-bond acceptors (Lipinski definition) is 6. The predicted octanol–water partition coefficient (Wildman–Crippen LogP) is 10.6. The number of hydrazine groups is 1. The van der Waals surface area contributed by atoms with E-state index in [0.717, 1.165) is 43.2 Å². The quantitative estimate of drug-likeness (QED) is 0.0742. The highest BCUT2D eigenvalue weighted by Gasteiger charge is 2.64. The summed E-state index contributed by atoms with van der Waals surface area (Å²) in [4.78, 5) is 36.6. The monoisotopic (exact) mass is 732 g/mol. The first-order chi connectivity index (χ1) is 24.5. The molecule has 7 heteroatoms. The van der Waals surface area contributed by atoms with Crippen molar-refractivity contribution < 1.29 is 19.1 Å². The molecule has 5 aliphatic rings. The predicted molar refractivity (Wildman–Crippen MR) is 211 cm³/mol. The molecule has 4 fully saturated rings. The summed E-state index contributed by atoms with van der Waals surface area (Å²) in [5, 5.41) is 5.01. The van der Waals surface area contributed by atoms with E-state index in [2.05, 4.69) is 58.7 Å². The van der Waals surface area contributed by atoms with E-state index in [9.17, 15) is 14.4 Å². The van der Waals surface area contributed by atoms with E-state index in [4.69, 9.17) is 16.3 Å². The maximum Gasteiger partial charge on any atom is 0.307 e. The van der Waals surface area contributed by atoms with E-state index in [-0.39, 0.29) is 34.7 Å². The van der Waals surface area contributed by atoms with Crippen molar-refractivity contribution in [3.05, 3.63) is 52.2 Å². The number of benzene rings is 1. The number of fused-ring (bicyclic) bond motifs is 7. The van der Waals surface area contributed by atoms with E-state index < -0.39 is 5.41 Å². The molecular weight excluding hydrogens is 668 g/mol. The first kappa shape index (κ1) is 39.1. The molecule has 4 saturated carbocycles. The van der Waals surface area contributed by atoms with Crippen LogP contribution in [0.2, 0.25) is 5.02 Å². The van der Waals surface area contributed by atoms with Crippen LogP contribution in [0, 0.1) is 57.2 Å². The molecule has 9 atom stereocenters. The van der Waals surface area contributed by atoms with Crippen LogP contribution in [0.15, 0.2) is 47.2 Å². The number of halogens is 1. The zero-order valence-corrected chi connectivity index (χ0v) is 34.2. The van der Waals surface area contributed by atoms with Crippen LogP contribution in [0.1, 0.15) is 126 Å². The van der Waals surface area contributed by atoms with E-state index in [1.807, 2.05) is 38.1 Å². The third-order valence-corrected chi connectivity index (χ3v) is 15.8. The van der Waals surface area contributed by atoms with Gasteiger partial charge in [-0.15, -0.1) is 0 Å². The fourth-order valence-corrected chi connectivity index (χ4v) is 13.0. The Balaban J connectivity index is 1.24. The number of anilines is 1. The highest BCUT2D eigenvalue weighted by atomic mass is 35.5. The summed E-state index contributed by atoms with van der Waals surface area (Å²) in [7, 11) is 4.15. The zero-order chi connectivity index (χ0) is 37.8. The van der Waals surface area contributed by atoms with Gasteiger partial charge in [0, 0.05) is 30.2 Å². The Hall–Kier alpha value is -2.60. The van der Waals surface area contributed by atoms with Crippen molar-refractivity contribution in [1.82, 2.24) is 5.01 Å².